The molecule has 0 aromatic rings. The molecule has 0 unspecified atom stereocenters. The zero-order valence-electron chi connectivity index (χ0n) is 37.3. The molecule has 0 N–H and O–H groups in total. The maximum Gasteiger partial charge on any atom is 0.305 e. The summed E-state index contributed by atoms with van der Waals surface area (Å²) in [6.07, 6.45) is 20.2. The number of hydrogen-bond acceptors (Lipinski definition) is 14. The largest absolute Gasteiger partial charge is 0.463 e. The van der Waals surface area contributed by atoms with Crippen LogP contribution < -0.4 is 0 Å². The second-order valence-corrected chi connectivity index (χ2v) is 14.8. The first kappa shape index (κ1) is 58.5. The average Bonchev–Trinajstić information content (AvgIpc) is 3.24. The van der Waals surface area contributed by atoms with E-state index in [0.717, 1.165) is 18.2 Å². The van der Waals surface area contributed by atoms with Gasteiger partial charge >= 0.3 is 5.97 Å². The highest BCUT2D eigenvalue weighted by Crippen LogP contribution is 2.14. The lowest BCUT2D eigenvalue weighted by atomic mass is 10.0. The van der Waals surface area contributed by atoms with Gasteiger partial charge in [-0.1, -0.05) is 113 Å². The van der Waals surface area contributed by atoms with E-state index in [1.165, 1.54) is 83.5 Å². The number of unbranched alkanes of at least 4 members (excludes halogenated alkanes) is 14. The Morgan fingerprint density at radius 1 is 0.288 bits per heavy atom. The van der Waals surface area contributed by atoms with E-state index >= 15 is 0 Å². The lowest BCUT2D eigenvalue weighted by Gasteiger charge is -2.09. The topological polar surface area (TPSA) is 137 Å². The summed E-state index contributed by atoms with van der Waals surface area (Å²) in [4.78, 5) is 11.9. The van der Waals surface area contributed by atoms with Gasteiger partial charge in [0.2, 0.25) is 0 Å². The third-order valence-corrected chi connectivity index (χ3v) is 9.11. The predicted molar refractivity (Wildman–Crippen MR) is 234 cm³/mol. The third kappa shape index (κ3) is 55.5. The second-order valence-electron chi connectivity index (χ2n) is 14.0. The molecule has 0 atom stereocenters. The number of esters is 1. The fraction of sp³-hybridized carbons (Fsp3) is 0.977. The van der Waals surface area contributed by atoms with Crippen LogP contribution >= 0.6 is 15.9 Å². The smallest absolute Gasteiger partial charge is 0.305 e. The molecule has 0 bridgehead atoms. The Hall–Kier alpha value is -0.530. The van der Waals surface area contributed by atoms with Gasteiger partial charge in [0.15, 0.2) is 0 Å². The molecule has 354 valence electrons. The van der Waals surface area contributed by atoms with E-state index in [1.54, 1.807) is 0 Å². The molecule has 0 aliphatic rings. The molecular formula is C44H87BrO14. The van der Waals surface area contributed by atoms with Crippen molar-refractivity contribution >= 4 is 21.9 Å². The van der Waals surface area contributed by atoms with Gasteiger partial charge in [0, 0.05) is 11.8 Å². The van der Waals surface area contributed by atoms with Gasteiger partial charge in [0.05, 0.1) is 159 Å². The standard InChI is InChI=1S/C44H87BrO14/c1-2-3-4-5-6-7-8-9-10-11-12-13-14-15-16-17-44(46)59-43-42-58-41-40-57-39-38-56-37-36-55-35-34-54-33-32-53-31-30-52-29-28-51-27-26-50-25-24-49-23-22-48-21-20-47-19-18-45/h2-43H2,1H3. The van der Waals surface area contributed by atoms with E-state index in [-0.39, 0.29) is 12.6 Å². The first-order valence-corrected chi connectivity index (χ1v) is 24.1. The number of carbonyl (C=O) groups excluding carboxylic acids is 1. The number of alkyl halides is 1. The molecule has 14 nitrogen and oxygen atoms in total. The van der Waals surface area contributed by atoms with Crippen LogP contribution in [0.25, 0.3) is 0 Å². The summed E-state index contributed by atoms with van der Waals surface area (Å²) in [6.45, 7) is 14.9. The van der Waals surface area contributed by atoms with Crippen molar-refractivity contribution in [2.24, 2.45) is 0 Å². The number of rotatable bonds is 54. The van der Waals surface area contributed by atoms with Crippen molar-refractivity contribution < 1.29 is 66.4 Å². The first-order chi connectivity index (χ1) is 29.3. The van der Waals surface area contributed by atoms with Gasteiger partial charge in [0.1, 0.15) is 6.61 Å². The highest BCUT2D eigenvalue weighted by Gasteiger charge is 2.03. The average molecular weight is 920 g/mol. The fourth-order valence-corrected chi connectivity index (χ4v) is 5.73. The molecule has 0 heterocycles. The van der Waals surface area contributed by atoms with Crippen LogP contribution in [0, 0.1) is 0 Å². The number of halogens is 1. The van der Waals surface area contributed by atoms with E-state index in [9.17, 15) is 4.79 Å². The van der Waals surface area contributed by atoms with Crippen LogP contribution in [-0.2, 0) is 66.4 Å². The summed E-state index contributed by atoms with van der Waals surface area (Å²) in [7, 11) is 0. The van der Waals surface area contributed by atoms with Crippen LogP contribution in [0.4, 0.5) is 0 Å². The molecule has 0 spiro atoms. The number of hydrogen-bond donors (Lipinski definition) is 0. The van der Waals surface area contributed by atoms with Crippen molar-refractivity contribution in [3.05, 3.63) is 0 Å². The minimum absolute atomic E-state index is 0.131. The summed E-state index contributed by atoms with van der Waals surface area (Å²) < 4.78 is 70.9. The number of carbonyl (C=O) groups is 1. The highest BCUT2D eigenvalue weighted by atomic mass is 79.9. The van der Waals surface area contributed by atoms with Gasteiger partial charge < -0.3 is 61.6 Å². The van der Waals surface area contributed by atoms with Gasteiger partial charge in [-0.05, 0) is 6.42 Å². The quantitative estimate of drug-likeness (QED) is 0.0341. The second kappa shape index (κ2) is 55.5. The van der Waals surface area contributed by atoms with Crippen LogP contribution in [0.15, 0.2) is 0 Å². The normalized spacial score (nSPS) is 11.6. The molecule has 15 heteroatoms. The van der Waals surface area contributed by atoms with Crippen LogP contribution in [0.1, 0.15) is 110 Å². The first-order valence-electron chi connectivity index (χ1n) is 23.0. The SMILES string of the molecule is CCCCCCCCCCCCCCCCCC(=O)OCCOCCOCCOCCOCCOCCOCCOCCOCCOCCOCCOCCOCCBr. The Kier molecular flexibility index (Phi) is 55.0. The van der Waals surface area contributed by atoms with Gasteiger partial charge in [0.25, 0.3) is 0 Å². The van der Waals surface area contributed by atoms with Crippen LogP contribution in [0.3, 0.4) is 0 Å². The zero-order chi connectivity index (χ0) is 42.5. The molecule has 0 saturated heterocycles. The predicted octanol–water partition coefficient (Wildman–Crippen LogP) is 7.39. The van der Waals surface area contributed by atoms with Crippen LogP contribution in [-0.4, -0.2) is 176 Å². The number of ether oxygens (including phenoxy) is 13. The lowest BCUT2D eigenvalue weighted by Crippen LogP contribution is -2.15. The highest BCUT2D eigenvalue weighted by molar-refractivity contribution is 9.09. The Labute approximate surface area is 367 Å². The van der Waals surface area contributed by atoms with Crippen molar-refractivity contribution in [3.8, 4) is 0 Å². The third-order valence-electron chi connectivity index (χ3n) is 8.79. The van der Waals surface area contributed by atoms with Crippen molar-refractivity contribution in [2.45, 2.75) is 110 Å². The summed E-state index contributed by atoms with van der Waals surface area (Å²) >= 11 is 3.30. The van der Waals surface area contributed by atoms with E-state index in [0.29, 0.717) is 165 Å². The maximum atomic E-state index is 11.9. The summed E-state index contributed by atoms with van der Waals surface area (Å²) in [5.74, 6) is -0.131. The molecule has 0 aliphatic heterocycles. The van der Waals surface area contributed by atoms with Gasteiger partial charge in [-0.3, -0.25) is 4.79 Å². The van der Waals surface area contributed by atoms with E-state index in [1.807, 2.05) is 0 Å². The molecule has 0 aliphatic carbocycles. The van der Waals surface area contributed by atoms with Crippen molar-refractivity contribution in [1.29, 1.82) is 0 Å². The fourth-order valence-electron chi connectivity index (χ4n) is 5.50. The Bertz CT molecular complexity index is 773. The lowest BCUT2D eigenvalue weighted by molar-refractivity contribution is -0.145. The van der Waals surface area contributed by atoms with Crippen molar-refractivity contribution in [1.82, 2.24) is 0 Å². The summed E-state index contributed by atoms with van der Waals surface area (Å²) in [5, 5.41) is 0.835. The van der Waals surface area contributed by atoms with E-state index in [4.69, 9.17) is 61.6 Å². The monoisotopic (exact) mass is 919 g/mol. The Balaban J connectivity index is 3.12. The molecule has 0 rings (SSSR count). The molecule has 0 aromatic carbocycles. The Morgan fingerprint density at radius 2 is 0.492 bits per heavy atom. The molecule has 0 fully saturated rings. The van der Waals surface area contributed by atoms with E-state index < -0.39 is 0 Å². The molecule has 59 heavy (non-hydrogen) atoms. The zero-order valence-corrected chi connectivity index (χ0v) is 38.9. The minimum Gasteiger partial charge on any atom is -0.463 e. The maximum absolute atomic E-state index is 11.9. The van der Waals surface area contributed by atoms with Gasteiger partial charge in [-0.25, -0.2) is 0 Å². The van der Waals surface area contributed by atoms with Crippen molar-refractivity contribution in [2.75, 3.05) is 171 Å². The van der Waals surface area contributed by atoms with Crippen LogP contribution in [0.2, 0.25) is 0 Å². The molecule has 0 radical (unpaired) electrons. The molecule has 0 aromatic heterocycles. The van der Waals surface area contributed by atoms with Crippen LogP contribution in [0.5, 0.6) is 0 Å². The summed E-state index contributed by atoms with van der Waals surface area (Å²) in [5.41, 5.74) is 0. The molecule has 0 saturated carbocycles. The molecule has 0 amide bonds. The summed E-state index contributed by atoms with van der Waals surface area (Å²) in [6, 6.07) is 0. The van der Waals surface area contributed by atoms with Crippen molar-refractivity contribution in [3.63, 3.8) is 0 Å². The minimum atomic E-state index is -0.131. The van der Waals surface area contributed by atoms with Gasteiger partial charge in [-0.2, -0.15) is 0 Å². The molecular weight excluding hydrogens is 832 g/mol. The Morgan fingerprint density at radius 3 is 0.729 bits per heavy atom. The van der Waals surface area contributed by atoms with Gasteiger partial charge in [-0.15, -0.1) is 0 Å². The van der Waals surface area contributed by atoms with E-state index in [2.05, 4.69) is 22.9 Å².